The van der Waals surface area contributed by atoms with Crippen LogP contribution in [0.15, 0.2) is 18.2 Å². The number of aliphatic hydroxyl groups is 6. The van der Waals surface area contributed by atoms with Gasteiger partial charge in [0.15, 0.2) is 17.8 Å². The molecule has 1 saturated heterocycles. The van der Waals surface area contributed by atoms with Gasteiger partial charge in [0.2, 0.25) is 0 Å². The molecule has 0 aromatic heterocycles. The summed E-state index contributed by atoms with van der Waals surface area (Å²) in [5.74, 6) is 0.830. The lowest BCUT2D eigenvalue weighted by Crippen LogP contribution is -2.59. The van der Waals surface area contributed by atoms with E-state index in [0.29, 0.717) is 17.1 Å². The molecule has 1 heterocycles. The van der Waals surface area contributed by atoms with Crippen LogP contribution in [0, 0.1) is 0 Å². The largest absolute Gasteiger partial charge is 0.493 e. The molecule has 2 rings (SSSR count). The zero-order valence-electron chi connectivity index (χ0n) is 15.0. The fourth-order valence-corrected chi connectivity index (χ4v) is 2.75. The molecule has 1 aromatic rings. The maximum atomic E-state index is 10.3. The molecular weight excluding hydrogens is 364 g/mol. The van der Waals surface area contributed by atoms with Crippen LogP contribution in [0.4, 0.5) is 0 Å². The van der Waals surface area contributed by atoms with Crippen molar-refractivity contribution in [1.82, 2.24) is 0 Å². The van der Waals surface area contributed by atoms with E-state index in [-0.39, 0.29) is 0 Å². The van der Waals surface area contributed by atoms with Gasteiger partial charge in [0.1, 0.15) is 36.6 Å². The molecule has 10 heteroatoms. The summed E-state index contributed by atoms with van der Waals surface area (Å²) < 4.78 is 20.7. The van der Waals surface area contributed by atoms with E-state index in [1.54, 1.807) is 12.1 Å². The molecule has 0 spiro atoms. The number of aliphatic hydroxyl groups excluding tert-OH is 6. The zero-order chi connectivity index (χ0) is 20.1. The minimum atomic E-state index is -1.59. The van der Waals surface area contributed by atoms with Crippen LogP contribution in [0.25, 0.3) is 0 Å². The molecule has 1 fully saturated rings. The molecule has 154 valence electrons. The maximum absolute atomic E-state index is 10.3. The Morgan fingerprint density at radius 3 is 2.26 bits per heavy atom. The number of ether oxygens (including phenoxy) is 4. The van der Waals surface area contributed by atoms with E-state index in [9.17, 15) is 25.5 Å². The Bertz CT molecular complexity index is 595. The van der Waals surface area contributed by atoms with Crippen LogP contribution in [0.2, 0.25) is 0 Å². The highest BCUT2D eigenvalue weighted by Gasteiger charge is 2.44. The normalized spacial score (nSPS) is 30.6. The molecule has 0 aliphatic carbocycles. The van der Waals surface area contributed by atoms with Crippen molar-refractivity contribution >= 4 is 0 Å². The van der Waals surface area contributed by atoms with Gasteiger partial charge in [-0.2, -0.15) is 0 Å². The van der Waals surface area contributed by atoms with Gasteiger partial charge in [-0.05, 0) is 17.7 Å². The molecule has 27 heavy (non-hydrogen) atoms. The van der Waals surface area contributed by atoms with Crippen molar-refractivity contribution in [3.8, 4) is 11.5 Å². The van der Waals surface area contributed by atoms with Crippen molar-refractivity contribution in [2.24, 2.45) is 0 Å². The average molecular weight is 390 g/mol. The lowest BCUT2D eigenvalue weighted by Gasteiger charge is -2.39. The van der Waals surface area contributed by atoms with Crippen LogP contribution < -0.4 is 9.47 Å². The fraction of sp³-hybridized carbons (Fsp3) is 0.647. The standard InChI is InChI=1S/C17H26O10/c1-24-10-4-3-8(5-11(10)25-2)13(20)9(19)7-26-17-16(23)15(22)14(21)12(6-18)27-17/h3-5,9,12-23H,6-7H2,1-2H3/t9?,12-,13?,14-,15+,16-,17-/m1/s1. The predicted molar refractivity (Wildman–Crippen MR) is 90.2 cm³/mol. The number of rotatable bonds is 8. The second-order valence-electron chi connectivity index (χ2n) is 6.16. The first-order chi connectivity index (χ1) is 12.8. The Kier molecular flexibility index (Phi) is 7.77. The lowest BCUT2D eigenvalue weighted by atomic mass is 9.99. The van der Waals surface area contributed by atoms with E-state index in [0.717, 1.165) is 0 Å². The van der Waals surface area contributed by atoms with Crippen LogP contribution in [-0.2, 0) is 9.47 Å². The summed E-state index contributed by atoms with van der Waals surface area (Å²) in [6, 6.07) is 4.62. The monoisotopic (exact) mass is 390 g/mol. The number of methoxy groups -OCH3 is 2. The minimum absolute atomic E-state index is 0.345. The molecule has 10 nitrogen and oxygen atoms in total. The molecule has 1 aromatic carbocycles. The summed E-state index contributed by atoms with van der Waals surface area (Å²) in [7, 11) is 2.91. The van der Waals surface area contributed by atoms with Gasteiger partial charge >= 0.3 is 0 Å². The highest BCUT2D eigenvalue weighted by molar-refractivity contribution is 5.43. The molecule has 1 aliphatic rings. The highest BCUT2D eigenvalue weighted by Crippen LogP contribution is 2.31. The minimum Gasteiger partial charge on any atom is -0.493 e. The van der Waals surface area contributed by atoms with Crippen molar-refractivity contribution in [2.45, 2.75) is 42.9 Å². The Balaban J connectivity index is 1.99. The van der Waals surface area contributed by atoms with Gasteiger partial charge < -0.3 is 49.6 Å². The van der Waals surface area contributed by atoms with E-state index < -0.39 is 56.1 Å². The lowest BCUT2D eigenvalue weighted by molar-refractivity contribution is -0.306. The Labute approximate surface area is 156 Å². The summed E-state index contributed by atoms with van der Waals surface area (Å²) >= 11 is 0. The summed E-state index contributed by atoms with van der Waals surface area (Å²) in [5, 5.41) is 59.0. The van der Waals surface area contributed by atoms with Gasteiger partial charge in [0.25, 0.3) is 0 Å². The second kappa shape index (κ2) is 9.62. The topological polar surface area (TPSA) is 158 Å². The molecule has 0 bridgehead atoms. The van der Waals surface area contributed by atoms with Gasteiger partial charge in [0, 0.05) is 0 Å². The van der Waals surface area contributed by atoms with E-state index in [1.165, 1.54) is 20.3 Å². The second-order valence-corrected chi connectivity index (χ2v) is 6.16. The van der Waals surface area contributed by atoms with E-state index in [1.807, 2.05) is 0 Å². The maximum Gasteiger partial charge on any atom is 0.186 e. The number of hydrogen-bond donors (Lipinski definition) is 6. The zero-order valence-corrected chi connectivity index (χ0v) is 15.0. The van der Waals surface area contributed by atoms with Gasteiger partial charge in [-0.25, -0.2) is 0 Å². The Hall–Kier alpha value is -1.50. The van der Waals surface area contributed by atoms with Crippen molar-refractivity contribution in [1.29, 1.82) is 0 Å². The molecule has 0 amide bonds. The first-order valence-corrected chi connectivity index (χ1v) is 8.34. The molecule has 2 unspecified atom stereocenters. The fourth-order valence-electron chi connectivity index (χ4n) is 2.75. The quantitative estimate of drug-likeness (QED) is 0.291. The molecule has 0 saturated carbocycles. The van der Waals surface area contributed by atoms with Gasteiger partial charge in [-0.1, -0.05) is 6.07 Å². The van der Waals surface area contributed by atoms with Gasteiger partial charge in [-0.15, -0.1) is 0 Å². The summed E-state index contributed by atoms with van der Waals surface area (Å²) in [4.78, 5) is 0. The number of benzene rings is 1. The number of hydrogen-bond acceptors (Lipinski definition) is 10. The van der Waals surface area contributed by atoms with E-state index in [4.69, 9.17) is 24.1 Å². The smallest absolute Gasteiger partial charge is 0.186 e. The summed E-state index contributed by atoms with van der Waals surface area (Å²) in [5.41, 5.74) is 0.345. The van der Waals surface area contributed by atoms with Crippen molar-refractivity contribution in [2.75, 3.05) is 27.4 Å². The van der Waals surface area contributed by atoms with Crippen molar-refractivity contribution < 1.29 is 49.6 Å². The Morgan fingerprint density at radius 1 is 1.00 bits per heavy atom. The molecule has 1 aliphatic heterocycles. The van der Waals surface area contributed by atoms with E-state index >= 15 is 0 Å². The predicted octanol–water partition coefficient (Wildman–Crippen LogP) is -2.09. The summed E-state index contributed by atoms with van der Waals surface area (Å²) in [6.07, 6.45) is -9.94. The Morgan fingerprint density at radius 2 is 1.67 bits per heavy atom. The third-order valence-corrected chi connectivity index (χ3v) is 4.39. The molecule has 7 atom stereocenters. The molecular formula is C17H26O10. The third kappa shape index (κ3) is 4.86. The van der Waals surface area contributed by atoms with Crippen LogP contribution in [0.1, 0.15) is 11.7 Å². The van der Waals surface area contributed by atoms with Crippen LogP contribution in [0.3, 0.4) is 0 Å². The van der Waals surface area contributed by atoms with Gasteiger partial charge in [-0.3, -0.25) is 0 Å². The average Bonchev–Trinajstić information content (AvgIpc) is 2.70. The van der Waals surface area contributed by atoms with Crippen LogP contribution >= 0.6 is 0 Å². The third-order valence-electron chi connectivity index (χ3n) is 4.39. The molecule has 6 N–H and O–H groups in total. The highest BCUT2D eigenvalue weighted by atomic mass is 16.7. The van der Waals surface area contributed by atoms with Gasteiger partial charge in [0.05, 0.1) is 27.4 Å². The van der Waals surface area contributed by atoms with E-state index in [2.05, 4.69) is 0 Å². The molecule has 0 radical (unpaired) electrons. The first kappa shape index (κ1) is 21.8. The van der Waals surface area contributed by atoms with Crippen LogP contribution in [0.5, 0.6) is 11.5 Å². The summed E-state index contributed by atoms with van der Waals surface area (Å²) in [6.45, 7) is -1.04. The van der Waals surface area contributed by atoms with Crippen molar-refractivity contribution in [3.05, 3.63) is 23.8 Å². The first-order valence-electron chi connectivity index (χ1n) is 8.34. The van der Waals surface area contributed by atoms with Crippen molar-refractivity contribution in [3.63, 3.8) is 0 Å². The van der Waals surface area contributed by atoms with Crippen LogP contribution in [-0.4, -0.2) is 94.9 Å². The SMILES string of the molecule is COc1ccc(C(O)C(O)CO[C@@H]2O[C@H](CO)[C@@H](O)[C@H](O)[C@H]2O)cc1OC.